The van der Waals surface area contributed by atoms with Crippen molar-refractivity contribution in [3.8, 4) is 11.1 Å². The molecule has 0 radical (unpaired) electrons. The first-order chi connectivity index (χ1) is 11.0. The van der Waals surface area contributed by atoms with Crippen LogP contribution in [0.2, 0.25) is 10.0 Å². The van der Waals surface area contributed by atoms with E-state index in [0.29, 0.717) is 10.0 Å². The molecule has 2 nitrogen and oxygen atoms in total. The lowest BCUT2D eigenvalue weighted by atomic mass is 9.94. The van der Waals surface area contributed by atoms with Gasteiger partial charge in [-0.3, -0.25) is 0 Å². The van der Waals surface area contributed by atoms with Gasteiger partial charge in [0, 0.05) is 15.6 Å². The Kier molecular flexibility index (Phi) is 6.91. The number of aliphatic hydroxyl groups excluding tert-OH is 1. The van der Waals surface area contributed by atoms with Crippen molar-refractivity contribution in [2.75, 3.05) is 20.6 Å². The standard InChI is InChI=1S/C19H23Cl2NO/c1-22(2)12-4-3-11-18(23)16-9-6-10-17(21)19(16)14-7-5-8-15(20)13-14/h5-10,13,18,23H,3-4,11-12H2,1-2H3. The molecule has 1 atom stereocenters. The van der Waals surface area contributed by atoms with Crippen molar-refractivity contribution in [3.63, 3.8) is 0 Å². The molecule has 0 heterocycles. The summed E-state index contributed by atoms with van der Waals surface area (Å²) in [6, 6.07) is 13.3. The molecule has 0 bridgehead atoms. The number of rotatable bonds is 7. The molecule has 0 amide bonds. The highest BCUT2D eigenvalue weighted by molar-refractivity contribution is 6.34. The molecule has 0 fully saturated rings. The predicted octanol–water partition coefficient (Wildman–Crippen LogP) is 5.43. The van der Waals surface area contributed by atoms with E-state index in [1.165, 1.54) is 0 Å². The van der Waals surface area contributed by atoms with E-state index in [2.05, 4.69) is 19.0 Å². The first-order valence-corrected chi connectivity index (χ1v) is 8.62. The van der Waals surface area contributed by atoms with Crippen LogP contribution >= 0.6 is 23.2 Å². The van der Waals surface area contributed by atoms with E-state index in [-0.39, 0.29) is 0 Å². The van der Waals surface area contributed by atoms with Crippen molar-refractivity contribution in [2.24, 2.45) is 0 Å². The minimum absolute atomic E-state index is 0.523. The van der Waals surface area contributed by atoms with Gasteiger partial charge in [-0.25, -0.2) is 0 Å². The Labute approximate surface area is 148 Å². The number of hydrogen-bond donors (Lipinski definition) is 1. The van der Waals surface area contributed by atoms with Crippen LogP contribution in [-0.4, -0.2) is 30.6 Å². The molecule has 2 aromatic rings. The summed E-state index contributed by atoms with van der Waals surface area (Å²) in [5.41, 5.74) is 2.67. The zero-order valence-electron chi connectivity index (χ0n) is 13.6. The Morgan fingerprint density at radius 1 is 1.04 bits per heavy atom. The fraction of sp³-hybridized carbons (Fsp3) is 0.368. The molecule has 0 aliphatic carbocycles. The molecule has 124 valence electrons. The number of hydrogen-bond acceptors (Lipinski definition) is 2. The maximum atomic E-state index is 10.6. The van der Waals surface area contributed by atoms with E-state index in [9.17, 15) is 5.11 Å². The Balaban J connectivity index is 2.20. The molecule has 0 aliphatic rings. The summed E-state index contributed by atoms with van der Waals surface area (Å²) in [6.45, 7) is 1.03. The summed E-state index contributed by atoms with van der Waals surface area (Å²) in [4.78, 5) is 2.16. The number of benzene rings is 2. The summed E-state index contributed by atoms with van der Waals surface area (Å²) in [5.74, 6) is 0. The maximum Gasteiger partial charge on any atom is 0.0796 e. The molecule has 0 saturated heterocycles. The third-order valence-corrected chi connectivity index (χ3v) is 4.40. The molecule has 0 saturated carbocycles. The van der Waals surface area contributed by atoms with Crippen LogP contribution in [0.5, 0.6) is 0 Å². The molecular formula is C19H23Cl2NO. The van der Waals surface area contributed by atoms with Crippen LogP contribution in [0.3, 0.4) is 0 Å². The monoisotopic (exact) mass is 351 g/mol. The fourth-order valence-corrected chi connectivity index (χ4v) is 3.17. The lowest BCUT2D eigenvalue weighted by Gasteiger charge is -2.18. The van der Waals surface area contributed by atoms with Crippen molar-refractivity contribution in [3.05, 3.63) is 58.1 Å². The van der Waals surface area contributed by atoms with Gasteiger partial charge in [0.2, 0.25) is 0 Å². The highest BCUT2D eigenvalue weighted by Crippen LogP contribution is 2.37. The molecular weight excluding hydrogens is 329 g/mol. The second-order valence-electron chi connectivity index (χ2n) is 6.03. The number of halogens is 2. The van der Waals surface area contributed by atoms with Gasteiger partial charge in [-0.15, -0.1) is 0 Å². The molecule has 0 aromatic heterocycles. The molecule has 1 N–H and O–H groups in total. The summed E-state index contributed by atoms with van der Waals surface area (Å²) < 4.78 is 0. The smallest absolute Gasteiger partial charge is 0.0796 e. The van der Waals surface area contributed by atoms with Crippen molar-refractivity contribution < 1.29 is 5.11 Å². The van der Waals surface area contributed by atoms with E-state index in [4.69, 9.17) is 23.2 Å². The Morgan fingerprint density at radius 2 is 1.78 bits per heavy atom. The number of aliphatic hydroxyl groups is 1. The van der Waals surface area contributed by atoms with Crippen molar-refractivity contribution in [1.82, 2.24) is 4.90 Å². The average Bonchev–Trinajstić information content (AvgIpc) is 2.51. The first kappa shape index (κ1) is 18.3. The van der Waals surface area contributed by atoms with Crippen LogP contribution in [0.4, 0.5) is 0 Å². The first-order valence-electron chi connectivity index (χ1n) is 7.86. The average molecular weight is 352 g/mol. The second kappa shape index (κ2) is 8.70. The molecule has 2 rings (SSSR count). The largest absolute Gasteiger partial charge is 0.388 e. The van der Waals surface area contributed by atoms with E-state index in [0.717, 1.165) is 42.5 Å². The Bertz CT molecular complexity index is 643. The zero-order valence-corrected chi connectivity index (χ0v) is 15.1. The lowest BCUT2D eigenvalue weighted by Crippen LogP contribution is -2.13. The SMILES string of the molecule is CN(C)CCCCC(O)c1cccc(Cl)c1-c1cccc(Cl)c1. The highest BCUT2D eigenvalue weighted by atomic mass is 35.5. The molecule has 1 unspecified atom stereocenters. The third-order valence-electron chi connectivity index (χ3n) is 3.85. The summed E-state index contributed by atoms with van der Waals surface area (Å²) in [5, 5.41) is 11.9. The van der Waals surface area contributed by atoms with Gasteiger partial charge in [-0.1, -0.05) is 47.5 Å². The van der Waals surface area contributed by atoms with Crippen LogP contribution in [0, 0.1) is 0 Å². The maximum absolute atomic E-state index is 10.6. The van der Waals surface area contributed by atoms with E-state index < -0.39 is 6.10 Å². The Morgan fingerprint density at radius 3 is 2.48 bits per heavy atom. The van der Waals surface area contributed by atoms with E-state index in [1.54, 1.807) is 0 Å². The van der Waals surface area contributed by atoms with Crippen LogP contribution in [0.1, 0.15) is 30.9 Å². The van der Waals surface area contributed by atoms with Crippen molar-refractivity contribution >= 4 is 23.2 Å². The van der Waals surface area contributed by atoms with Gasteiger partial charge in [0.05, 0.1) is 6.10 Å². The van der Waals surface area contributed by atoms with Gasteiger partial charge in [0.15, 0.2) is 0 Å². The third kappa shape index (κ3) is 5.22. The predicted molar refractivity (Wildman–Crippen MR) is 99.3 cm³/mol. The van der Waals surface area contributed by atoms with Crippen LogP contribution in [0.25, 0.3) is 11.1 Å². The normalized spacial score (nSPS) is 12.6. The van der Waals surface area contributed by atoms with Gasteiger partial charge in [-0.05, 0) is 69.2 Å². The zero-order chi connectivity index (χ0) is 16.8. The van der Waals surface area contributed by atoms with Gasteiger partial charge in [0.25, 0.3) is 0 Å². The topological polar surface area (TPSA) is 23.5 Å². The lowest BCUT2D eigenvalue weighted by molar-refractivity contribution is 0.163. The van der Waals surface area contributed by atoms with Crippen LogP contribution in [0.15, 0.2) is 42.5 Å². The summed E-state index contributed by atoms with van der Waals surface area (Å²) >= 11 is 12.5. The summed E-state index contributed by atoms with van der Waals surface area (Å²) in [6.07, 6.45) is 2.24. The molecule has 23 heavy (non-hydrogen) atoms. The van der Waals surface area contributed by atoms with Gasteiger partial charge < -0.3 is 10.0 Å². The van der Waals surface area contributed by atoms with Crippen LogP contribution < -0.4 is 0 Å². The van der Waals surface area contributed by atoms with Gasteiger partial charge >= 0.3 is 0 Å². The number of unbranched alkanes of at least 4 members (excludes halogenated alkanes) is 1. The molecule has 0 aliphatic heterocycles. The quantitative estimate of drug-likeness (QED) is 0.672. The second-order valence-corrected chi connectivity index (χ2v) is 6.87. The minimum Gasteiger partial charge on any atom is -0.388 e. The minimum atomic E-state index is -0.523. The molecule has 4 heteroatoms. The fourth-order valence-electron chi connectivity index (χ4n) is 2.69. The van der Waals surface area contributed by atoms with E-state index >= 15 is 0 Å². The van der Waals surface area contributed by atoms with Crippen molar-refractivity contribution in [1.29, 1.82) is 0 Å². The molecule has 2 aromatic carbocycles. The summed E-state index contributed by atoms with van der Waals surface area (Å²) in [7, 11) is 4.12. The van der Waals surface area contributed by atoms with Crippen LogP contribution in [-0.2, 0) is 0 Å². The van der Waals surface area contributed by atoms with Gasteiger partial charge in [0.1, 0.15) is 0 Å². The van der Waals surface area contributed by atoms with Gasteiger partial charge in [-0.2, -0.15) is 0 Å². The number of nitrogens with zero attached hydrogens (tertiary/aromatic N) is 1. The molecule has 0 spiro atoms. The highest BCUT2D eigenvalue weighted by Gasteiger charge is 2.16. The van der Waals surface area contributed by atoms with Crippen molar-refractivity contribution in [2.45, 2.75) is 25.4 Å². The van der Waals surface area contributed by atoms with E-state index in [1.807, 2.05) is 42.5 Å². The Hall–Kier alpha value is -1.06.